The molecule has 0 saturated carbocycles. The van der Waals surface area contributed by atoms with Gasteiger partial charge in [0.25, 0.3) is 0 Å². The smallest absolute Gasteiger partial charge is 0.339 e. The van der Waals surface area contributed by atoms with Crippen molar-refractivity contribution in [1.29, 1.82) is 0 Å². The van der Waals surface area contributed by atoms with Crippen LogP contribution in [0.3, 0.4) is 0 Å². The van der Waals surface area contributed by atoms with E-state index in [4.69, 9.17) is 4.74 Å². The number of benzene rings is 3. The number of carbonyl (C=O) groups excluding carboxylic acids is 1. The van der Waals surface area contributed by atoms with E-state index in [0.717, 1.165) is 30.3 Å². The molecule has 0 spiro atoms. The first-order valence-corrected chi connectivity index (χ1v) is 10.9. The van der Waals surface area contributed by atoms with Crippen LogP contribution in [0.4, 0.5) is 10.5 Å². The topological polar surface area (TPSA) is 62.7 Å². The lowest BCUT2D eigenvalue weighted by Gasteiger charge is -2.08. The number of hydrogen-bond acceptors (Lipinski definition) is 3. The molecular formula is C21H16Br3N3O2. The normalized spacial score (nSPS) is 10.7. The van der Waals surface area contributed by atoms with E-state index in [9.17, 15) is 4.79 Å². The van der Waals surface area contributed by atoms with E-state index in [0.29, 0.717) is 12.3 Å². The van der Waals surface area contributed by atoms with Gasteiger partial charge in [-0.25, -0.2) is 10.2 Å². The Kier molecular flexibility index (Phi) is 7.85. The number of halogens is 3. The second-order valence-electron chi connectivity index (χ2n) is 5.92. The number of hydrazone groups is 1. The Balaban J connectivity index is 1.48. The molecule has 3 aromatic carbocycles. The second kappa shape index (κ2) is 10.6. The van der Waals surface area contributed by atoms with Crippen molar-refractivity contribution >= 4 is 65.7 Å². The lowest BCUT2D eigenvalue weighted by molar-refractivity contribution is 0.252. The minimum atomic E-state index is -0.413. The maximum atomic E-state index is 11.8. The summed E-state index contributed by atoms with van der Waals surface area (Å²) >= 11 is 10.3. The first-order valence-electron chi connectivity index (χ1n) is 8.52. The number of amides is 2. The molecule has 0 aliphatic heterocycles. The van der Waals surface area contributed by atoms with Crippen molar-refractivity contribution in [3.63, 3.8) is 0 Å². The largest absolute Gasteiger partial charge is 0.489 e. The number of anilines is 1. The van der Waals surface area contributed by atoms with Gasteiger partial charge in [-0.2, -0.15) is 5.10 Å². The molecule has 3 rings (SSSR count). The molecule has 3 aromatic rings. The molecule has 2 amide bonds. The van der Waals surface area contributed by atoms with Gasteiger partial charge in [-0.15, -0.1) is 0 Å². The van der Waals surface area contributed by atoms with Gasteiger partial charge in [0, 0.05) is 24.7 Å². The van der Waals surface area contributed by atoms with Crippen LogP contribution in [0, 0.1) is 0 Å². The number of carbonyl (C=O) groups is 1. The molecule has 0 aliphatic rings. The minimum Gasteiger partial charge on any atom is -0.489 e. The number of nitrogens with zero attached hydrogens (tertiary/aromatic N) is 1. The van der Waals surface area contributed by atoms with Crippen LogP contribution >= 0.6 is 47.8 Å². The van der Waals surface area contributed by atoms with Gasteiger partial charge < -0.3 is 10.1 Å². The zero-order chi connectivity index (χ0) is 20.6. The number of hydrogen-bond donors (Lipinski definition) is 2. The zero-order valence-electron chi connectivity index (χ0n) is 15.0. The minimum absolute atomic E-state index is 0.413. The average Bonchev–Trinajstić information content (AvgIpc) is 2.70. The standard InChI is InChI=1S/C21H16Br3N3O2/c22-16-5-7-18(8-6-16)26-21(28)27-25-12-14-1-9-19(10-2-14)29-13-15-3-4-17(23)11-20(15)24/h1-12H,13H2,(H2,26,27,28)/b25-12+. The molecule has 0 bridgehead atoms. The highest BCUT2D eigenvalue weighted by Crippen LogP contribution is 2.23. The Morgan fingerprint density at radius 2 is 1.62 bits per heavy atom. The van der Waals surface area contributed by atoms with Crippen molar-refractivity contribution in [1.82, 2.24) is 5.43 Å². The van der Waals surface area contributed by atoms with Crippen LogP contribution in [0.25, 0.3) is 0 Å². The molecule has 0 unspecified atom stereocenters. The van der Waals surface area contributed by atoms with Crippen LogP contribution in [0.15, 0.2) is 85.2 Å². The number of ether oxygens (including phenoxy) is 1. The summed E-state index contributed by atoms with van der Waals surface area (Å²) in [6.45, 7) is 0.457. The van der Waals surface area contributed by atoms with Crippen LogP contribution < -0.4 is 15.5 Å². The monoisotopic (exact) mass is 579 g/mol. The molecule has 5 nitrogen and oxygen atoms in total. The van der Waals surface area contributed by atoms with E-state index in [1.807, 2.05) is 54.6 Å². The van der Waals surface area contributed by atoms with Crippen molar-refractivity contribution in [3.8, 4) is 5.75 Å². The van der Waals surface area contributed by atoms with Gasteiger partial charge in [0.1, 0.15) is 12.4 Å². The molecule has 0 saturated heterocycles. The predicted octanol–water partition coefficient (Wildman–Crippen LogP) is 6.71. The van der Waals surface area contributed by atoms with E-state index in [2.05, 4.69) is 63.6 Å². The number of nitrogens with one attached hydrogen (secondary N) is 2. The summed E-state index contributed by atoms with van der Waals surface area (Å²) in [4.78, 5) is 11.8. The van der Waals surface area contributed by atoms with Gasteiger partial charge in [-0.05, 0) is 66.2 Å². The van der Waals surface area contributed by atoms with Crippen LogP contribution in [0.1, 0.15) is 11.1 Å². The summed E-state index contributed by atoms with van der Waals surface area (Å²) < 4.78 is 8.75. The van der Waals surface area contributed by atoms with Gasteiger partial charge in [0.2, 0.25) is 0 Å². The third-order valence-electron chi connectivity index (χ3n) is 3.77. The summed E-state index contributed by atoms with van der Waals surface area (Å²) in [5.41, 5.74) is 5.01. The molecule has 8 heteroatoms. The summed E-state index contributed by atoms with van der Waals surface area (Å²) in [7, 11) is 0. The fourth-order valence-corrected chi connectivity index (χ4v) is 3.73. The maximum Gasteiger partial charge on any atom is 0.339 e. The lowest BCUT2D eigenvalue weighted by atomic mass is 10.2. The quantitative estimate of drug-likeness (QED) is 0.251. The van der Waals surface area contributed by atoms with Crippen LogP contribution in [-0.2, 0) is 6.61 Å². The van der Waals surface area contributed by atoms with Crippen molar-refractivity contribution in [2.75, 3.05) is 5.32 Å². The predicted molar refractivity (Wildman–Crippen MR) is 127 cm³/mol. The van der Waals surface area contributed by atoms with E-state index >= 15 is 0 Å². The maximum absolute atomic E-state index is 11.8. The third kappa shape index (κ3) is 6.99. The molecule has 2 N–H and O–H groups in total. The second-order valence-corrected chi connectivity index (χ2v) is 8.61. The van der Waals surface area contributed by atoms with Gasteiger partial charge in [-0.1, -0.05) is 53.9 Å². The highest BCUT2D eigenvalue weighted by molar-refractivity contribution is 9.11. The molecule has 29 heavy (non-hydrogen) atoms. The van der Waals surface area contributed by atoms with Crippen LogP contribution in [0.5, 0.6) is 5.75 Å². The van der Waals surface area contributed by atoms with E-state index in [-0.39, 0.29) is 0 Å². The SMILES string of the molecule is O=C(N/N=C/c1ccc(OCc2ccc(Br)cc2Br)cc1)Nc1ccc(Br)cc1. The number of rotatable bonds is 6. The van der Waals surface area contributed by atoms with Gasteiger partial charge in [0.15, 0.2) is 0 Å². The Morgan fingerprint density at radius 1 is 0.931 bits per heavy atom. The molecular weight excluding hydrogens is 566 g/mol. The Labute approximate surface area is 193 Å². The summed E-state index contributed by atoms with van der Waals surface area (Å²) in [5, 5.41) is 6.64. The zero-order valence-corrected chi connectivity index (χ0v) is 19.8. The molecule has 148 valence electrons. The number of urea groups is 1. The molecule has 0 fully saturated rings. The van der Waals surface area contributed by atoms with Gasteiger partial charge in [-0.3, -0.25) is 0 Å². The van der Waals surface area contributed by atoms with Crippen LogP contribution in [-0.4, -0.2) is 12.2 Å². The van der Waals surface area contributed by atoms with Crippen molar-refractivity contribution in [2.45, 2.75) is 6.61 Å². The Morgan fingerprint density at radius 3 is 2.31 bits per heavy atom. The molecule has 0 aliphatic carbocycles. The van der Waals surface area contributed by atoms with Crippen LogP contribution in [0.2, 0.25) is 0 Å². The first-order chi connectivity index (χ1) is 14.0. The third-order valence-corrected chi connectivity index (χ3v) is 5.53. The highest BCUT2D eigenvalue weighted by Gasteiger charge is 2.03. The molecule has 0 heterocycles. The highest BCUT2D eigenvalue weighted by atomic mass is 79.9. The summed E-state index contributed by atoms with van der Waals surface area (Å²) in [6, 6.07) is 20.3. The lowest BCUT2D eigenvalue weighted by Crippen LogP contribution is -2.24. The molecule has 0 aromatic heterocycles. The van der Waals surface area contributed by atoms with E-state index < -0.39 is 6.03 Å². The van der Waals surface area contributed by atoms with Gasteiger partial charge in [0.05, 0.1) is 6.21 Å². The summed E-state index contributed by atoms with van der Waals surface area (Å²) in [6.07, 6.45) is 1.57. The summed E-state index contributed by atoms with van der Waals surface area (Å²) in [5.74, 6) is 0.748. The van der Waals surface area contributed by atoms with E-state index in [1.54, 1.807) is 18.3 Å². The first kappa shape index (κ1) is 21.5. The fourth-order valence-electron chi connectivity index (χ4n) is 2.31. The molecule has 0 radical (unpaired) electrons. The van der Waals surface area contributed by atoms with Crippen molar-refractivity contribution in [3.05, 3.63) is 91.3 Å². The van der Waals surface area contributed by atoms with Crippen molar-refractivity contribution < 1.29 is 9.53 Å². The molecule has 0 atom stereocenters. The Hall–Kier alpha value is -2.16. The van der Waals surface area contributed by atoms with Gasteiger partial charge >= 0.3 is 6.03 Å². The van der Waals surface area contributed by atoms with Crippen molar-refractivity contribution in [2.24, 2.45) is 5.10 Å². The Bertz CT molecular complexity index is 1010. The fraction of sp³-hybridized carbons (Fsp3) is 0.0476. The average molecular weight is 582 g/mol. The van der Waals surface area contributed by atoms with E-state index in [1.165, 1.54) is 0 Å².